The van der Waals surface area contributed by atoms with Crippen molar-refractivity contribution in [2.75, 3.05) is 6.54 Å². The van der Waals surface area contributed by atoms with Gasteiger partial charge in [-0.2, -0.15) is 5.10 Å². The van der Waals surface area contributed by atoms with E-state index >= 15 is 0 Å². The van der Waals surface area contributed by atoms with E-state index in [-0.39, 0.29) is 11.6 Å². The van der Waals surface area contributed by atoms with E-state index in [9.17, 15) is 19.5 Å². The molecule has 9 nitrogen and oxygen atoms in total. The first-order chi connectivity index (χ1) is 11.3. The van der Waals surface area contributed by atoms with E-state index < -0.39 is 17.4 Å². The molecule has 0 saturated carbocycles. The van der Waals surface area contributed by atoms with Crippen molar-refractivity contribution in [2.45, 2.75) is 26.1 Å². The minimum absolute atomic E-state index is 0.0619. The van der Waals surface area contributed by atoms with Gasteiger partial charge in [-0.3, -0.25) is 23.4 Å². The molecule has 3 heterocycles. The molecule has 1 amide bonds. The number of carbonyl (C=O) groups excluding carboxylic acids is 1. The van der Waals surface area contributed by atoms with Crippen molar-refractivity contribution in [1.82, 2.24) is 23.8 Å². The normalized spacial score (nSPS) is 15.2. The molecule has 1 aliphatic heterocycles. The molecule has 1 aliphatic rings. The van der Waals surface area contributed by atoms with E-state index in [1.54, 1.807) is 22.6 Å². The van der Waals surface area contributed by atoms with Crippen molar-refractivity contribution < 1.29 is 9.90 Å². The van der Waals surface area contributed by atoms with Crippen molar-refractivity contribution in [1.29, 1.82) is 0 Å². The molecule has 2 aromatic heterocycles. The van der Waals surface area contributed by atoms with Crippen molar-refractivity contribution in [3.05, 3.63) is 50.1 Å². The van der Waals surface area contributed by atoms with Crippen LogP contribution in [0.2, 0.25) is 0 Å². The van der Waals surface area contributed by atoms with Crippen molar-refractivity contribution in [2.24, 2.45) is 14.1 Å². The zero-order valence-electron chi connectivity index (χ0n) is 13.8. The molecule has 3 rings (SSSR count). The summed E-state index contributed by atoms with van der Waals surface area (Å²) >= 11 is 0. The Morgan fingerprint density at radius 3 is 2.58 bits per heavy atom. The third kappa shape index (κ3) is 2.56. The highest BCUT2D eigenvalue weighted by atomic mass is 16.3. The van der Waals surface area contributed by atoms with E-state index in [0.717, 1.165) is 10.3 Å². The van der Waals surface area contributed by atoms with Crippen LogP contribution in [-0.4, -0.2) is 41.4 Å². The fourth-order valence-corrected chi connectivity index (χ4v) is 2.77. The number of aliphatic hydroxyl groups excluding tert-OH is 1. The van der Waals surface area contributed by atoms with E-state index in [1.165, 1.54) is 24.7 Å². The minimum Gasteiger partial charge on any atom is -0.387 e. The fourth-order valence-electron chi connectivity index (χ4n) is 2.77. The average Bonchev–Trinajstić information content (AvgIpc) is 2.99. The molecule has 9 heteroatoms. The maximum Gasteiger partial charge on any atom is 0.331 e. The lowest BCUT2D eigenvalue weighted by molar-refractivity contribution is 0.0693. The Morgan fingerprint density at radius 1 is 1.21 bits per heavy atom. The summed E-state index contributed by atoms with van der Waals surface area (Å²) in [6.45, 7) is 2.84. The minimum atomic E-state index is -0.676. The summed E-state index contributed by atoms with van der Waals surface area (Å²) in [5.74, 6) is -0.377. The molecule has 1 N–H and O–H groups in total. The topological polar surface area (TPSA) is 102 Å². The van der Waals surface area contributed by atoms with Gasteiger partial charge in [0, 0.05) is 26.7 Å². The molecule has 0 spiro atoms. The molecule has 2 aromatic rings. The van der Waals surface area contributed by atoms with E-state index in [1.807, 2.05) is 0 Å². The van der Waals surface area contributed by atoms with Crippen LogP contribution in [0.3, 0.4) is 0 Å². The Morgan fingerprint density at radius 2 is 1.92 bits per heavy atom. The summed E-state index contributed by atoms with van der Waals surface area (Å²) in [4.78, 5) is 38.1. The number of fused-ring (bicyclic) bond motifs is 1. The second-order valence-electron chi connectivity index (χ2n) is 5.95. The molecule has 1 atom stereocenters. The predicted octanol–water partition coefficient (Wildman–Crippen LogP) is -1.01. The van der Waals surface area contributed by atoms with Crippen LogP contribution >= 0.6 is 0 Å². The maximum atomic E-state index is 12.7. The predicted molar refractivity (Wildman–Crippen MR) is 84.5 cm³/mol. The molecule has 0 aromatic carbocycles. The first-order valence-electron chi connectivity index (χ1n) is 7.60. The largest absolute Gasteiger partial charge is 0.387 e. The number of amides is 1. The molecule has 128 valence electrons. The summed E-state index contributed by atoms with van der Waals surface area (Å²) in [5.41, 5.74) is 0.371. The number of aliphatic hydroxyl groups is 1. The third-order valence-electron chi connectivity index (χ3n) is 4.28. The van der Waals surface area contributed by atoms with Gasteiger partial charge in [-0.15, -0.1) is 0 Å². The van der Waals surface area contributed by atoms with Gasteiger partial charge in [0.05, 0.1) is 30.6 Å². The van der Waals surface area contributed by atoms with Gasteiger partial charge < -0.3 is 10.0 Å². The van der Waals surface area contributed by atoms with Gasteiger partial charge in [-0.25, -0.2) is 4.79 Å². The third-order valence-corrected chi connectivity index (χ3v) is 4.28. The highest BCUT2D eigenvalue weighted by molar-refractivity contribution is 5.92. The fraction of sp³-hybridized carbons (Fsp3) is 0.467. The lowest BCUT2D eigenvalue weighted by Gasteiger charge is -2.28. The summed E-state index contributed by atoms with van der Waals surface area (Å²) in [7, 11) is 2.84. The van der Waals surface area contributed by atoms with Crippen LogP contribution in [-0.2, 0) is 27.2 Å². The van der Waals surface area contributed by atoms with E-state index in [0.29, 0.717) is 25.3 Å². The molecule has 0 bridgehead atoms. The van der Waals surface area contributed by atoms with Gasteiger partial charge in [-0.05, 0) is 13.0 Å². The van der Waals surface area contributed by atoms with Crippen LogP contribution in [0.25, 0.3) is 0 Å². The second kappa shape index (κ2) is 5.75. The van der Waals surface area contributed by atoms with Gasteiger partial charge in [0.25, 0.3) is 11.5 Å². The first-order valence-corrected chi connectivity index (χ1v) is 7.60. The lowest BCUT2D eigenvalue weighted by atomic mass is 10.2. The average molecular weight is 333 g/mol. The summed E-state index contributed by atoms with van der Waals surface area (Å²) in [6, 6.07) is 2.93. The van der Waals surface area contributed by atoms with Gasteiger partial charge >= 0.3 is 5.69 Å². The van der Waals surface area contributed by atoms with Gasteiger partial charge in [0.2, 0.25) is 0 Å². The molecule has 0 radical (unpaired) electrons. The van der Waals surface area contributed by atoms with Crippen LogP contribution < -0.4 is 11.2 Å². The highest BCUT2D eigenvalue weighted by Crippen LogP contribution is 2.18. The zero-order valence-corrected chi connectivity index (χ0v) is 13.8. The number of rotatable bonds is 2. The number of hydrogen-bond acceptors (Lipinski definition) is 5. The summed E-state index contributed by atoms with van der Waals surface area (Å²) in [6.07, 6.45) is -0.676. The monoisotopic (exact) mass is 333 g/mol. The molecule has 0 aliphatic carbocycles. The van der Waals surface area contributed by atoms with Crippen LogP contribution in [0.1, 0.15) is 34.9 Å². The standard InChI is InChI=1S/C15H19N5O4/c1-9(21)11-6-10-8-19(4-5-20(10)16-11)14(23)12-7-13(22)18(3)15(24)17(12)2/h6-7,9,21H,4-5,8H2,1-3H3/t9-/m1/s1. The number of nitrogens with zero attached hydrogens (tertiary/aromatic N) is 5. The molecule has 0 unspecified atom stereocenters. The first kappa shape index (κ1) is 16.2. The summed E-state index contributed by atoms with van der Waals surface area (Å²) < 4.78 is 3.89. The SMILES string of the molecule is C[C@@H](O)c1cc2n(n1)CCN(C(=O)c1cc(=O)n(C)c(=O)n1C)C2. The van der Waals surface area contributed by atoms with Crippen LogP contribution in [0.15, 0.2) is 21.7 Å². The zero-order chi connectivity index (χ0) is 17.6. The van der Waals surface area contributed by atoms with Crippen molar-refractivity contribution in [3.63, 3.8) is 0 Å². The number of hydrogen-bond donors (Lipinski definition) is 1. The number of carbonyl (C=O) groups is 1. The Bertz CT molecular complexity index is 921. The van der Waals surface area contributed by atoms with E-state index in [2.05, 4.69) is 5.10 Å². The molecular formula is C15H19N5O4. The van der Waals surface area contributed by atoms with Crippen molar-refractivity contribution in [3.8, 4) is 0 Å². The Balaban J connectivity index is 1.92. The number of aromatic nitrogens is 4. The second-order valence-corrected chi connectivity index (χ2v) is 5.95. The lowest BCUT2D eigenvalue weighted by Crippen LogP contribution is -2.44. The molecule has 0 saturated heterocycles. The quantitative estimate of drug-likeness (QED) is 0.759. The molecular weight excluding hydrogens is 314 g/mol. The Kier molecular flexibility index (Phi) is 3.88. The smallest absolute Gasteiger partial charge is 0.331 e. The van der Waals surface area contributed by atoms with Gasteiger partial charge in [0.15, 0.2) is 0 Å². The van der Waals surface area contributed by atoms with Crippen molar-refractivity contribution >= 4 is 5.91 Å². The van der Waals surface area contributed by atoms with Gasteiger partial charge in [-0.1, -0.05) is 0 Å². The van der Waals surface area contributed by atoms with E-state index in [4.69, 9.17) is 0 Å². The van der Waals surface area contributed by atoms with Crippen LogP contribution in [0.4, 0.5) is 0 Å². The molecule has 0 fully saturated rings. The highest BCUT2D eigenvalue weighted by Gasteiger charge is 2.26. The summed E-state index contributed by atoms with van der Waals surface area (Å²) in [5, 5.41) is 13.9. The van der Waals surface area contributed by atoms with Crippen LogP contribution in [0, 0.1) is 0 Å². The van der Waals surface area contributed by atoms with Crippen LogP contribution in [0.5, 0.6) is 0 Å². The van der Waals surface area contributed by atoms with Gasteiger partial charge in [0.1, 0.15) is 5.69 Å². The Hall–Kier alpha value is -2.68. The Labute approximate surface area is 137 Å². The molecule has 24 heavy (non-hydrogen) atoms. The maximum absolute atomic E-state index is 12.7.